The number of esters is 1. The Hall–Kier alpha value is -2.95. The zero-order valence-electron chi connectivity index (χ0n) is 15.4. The summed E-state index contributed by atoms with van der Waals surface area (Å²) in [6, 6.07) is 11.7. The van der Waals surface area contributed by atoms with Gasteiger partial charge in [0, 0.05) is 29.7 Å². The molecule has 0 N–H and O–H groups in total. The third-order valence-electron chi connectivity index (χ3n) is 4.73. The number of carbonyl (C=O) groups is 1. The van der Waals surface area contributed by atoms with Gasteiger partial charge in [-0.1, -0.05) is 18.2 Å². The molecule has 2 aromatic rings. The second kappa shape index (κ2) is 7.52. The van der Waals surface area contributed by atoms with E-state index in [1.54, 1.807) is 19.5 Å². The average Bonchev–Trinajstić information content (AvgIpc) is 2.67. The number of aromatic nitrogens is 1. The maximum atomic E-state index is 12.6. The third-order valence-corrected chi connectivity index (χ3v) is 4.73. The molecule has 2 atom stereocenters. The van der Waals surface area contributed by atoms with Gasteiger partial charge in [0.05, 0.1) is 14.2 Å². The van der Waals surface area contributed by atoms with E-state index < -0.39 is 5.92 Å². The first kappa shape index (κ1) is 17.9. The summed E-state index contributed by atoms with van der Waals surface area (Å²) in [5.41, 5.74) is 4.59. The van der Waals surface area contributed by atoms with Crippen LogP contribution in [-0.2, 0) is 9.53 Å². The molecule has 1 aliphatic rings. The predicted molar refractivity (Wildman–Crippen MR) is 101 cm³/mol. The molecule has 0 spiro atoms. The van der Waals surface area contributed by atoms with Crippen LogP contribution in [0.2, 0.25) is 0 Å². The highest BCUT2D eigenvalue weighted by Gasteiger charge is 2.39. The molecule has 1 aliphatic heterocycles. The van der Waals surface area contributed by atoms with E-state index in [2.05, 4.69) is 9.98 Å². The molecular weight excluding hydrogens is 328 g/mol. The van der Waals surface area contributed by atoms with Crippen molar-refractivity contribution in [3.8, 4) is 5.75 Å². The first-order chi connectivity index (χ1) is 12.6. The Kier molecular flexibility index (Phi) is 5.16. The van der Waals surface area contributed by atoms with Gasteiger partial charge in [-0.25, -0.2) is 0 Å². The summed E-state index contributed by atoms with van der Waals surface area (Å²) in [5.74, 6) is -0.198. The monoisotopic (exact) mass is 350 g/mol. The molecule has 2 heterocycles. The molecule has 0 radical (unpaired) electrons. The van der Waals surface area contributed by atoms with Gasteiger partial charge in [-0.3, -0.25) is 14.8 Å². The van der Waals surface area contributed by atoms with Crippen molar-refractivity contribution >= 4 is 17.3 Å². The fourth-order valence-electron chi connectivity index (χ4n) is 3.54. The second-order valence-electron chi connectivity index (χ2n) is 6.25. The Morgan fingerprint density at radius 2 is 1.81 bits per heavy atom. The van der Waals surface area contributed by atoms with Crippen molar-refractivity contribution in [3.63, 3.8) is 0 Å². The molecule has 26 heavy (non-hydrogen) atoms. The lowest BCUT2D eigenvalue weighted by atomic mass is 9.74. The molecule has 1 aromatic heterocycles. The first-order valence-corrected chi connectivity index (χ1v) is 8.45. The lowest BCUT2D eigenvalue weighted by Gasteiger charge is -2.32. The molecule has 0 fully saturated rings. The van der Waals surface area contributed by atoms with E-state index in [4.69, 9.17) is 9.47 Å². The van der Waals surface area contributed by atoms with Gasteiger partial charge in [-0.05, 0) is 48.7 Å². The van der Waals surface area contributed by atoms with Crippen LogP contribution in [0.4, 0.5) is 0 Å². The molecule has 0 saturated heterocycles. The van der Waals surface area contributed by atoms with Gasteiger partial charge in [0.1, 0.15) is 11.7 Å². The maximum Gasteiger partial charge on any atom is 0.315 e. The van der Waals surface area contributed by atoms with Crippen molar-refractivity contribution < 1.29 is 14.3 Å². The van der Waals surface area contributed by atoms with Crippen LogP contribution in [0.15, 0.2) is 59.5 Å². The van der Waals surface area contributed by atoms with Crippen molar-refractivity contribution in [2.45, 2.75) is 19.8 Å². The van der Waals surface area contributed by atoms with E-state index in [1.165, 1.54) is 7.11 Å². The highest BCUT2D eigenvalue weighted by atomic mass is 16.5. The Labute approximate surface area is 153 Å². The number of aliphatic imine (C=N–C) groups is 1. The van der Waals surface area contributed by atoms with Gasteiger partial charge < -0.3 is 9.47 Å². The van der Waals surface area contributed by atoms with Gasteiger partial charge in [-0.15, -0.1) is 0 Å². The van der Waals surface area contributed by atoms with Crippen LogP contribution in [0, 0.1) is 5.92 Å². The van der Waals surface area contributed by atoms with E-state index in [0.29, 0.717) is 0 Å². The zero-order chi connectivity index (χ0) is 18.7. The fraction of sp³-hybridized carbons (Fsp3) is 0.286. The smallest absolute Gasteiger partial charge is 0.315 e. The zero-order valence-corrected chi connectivity index (χ0v) is 15.4. The molecule has 0 amide bonds. The molecule has 134 valence electrons. The minimum atomic E-state index is -0.479. The van der Waals surface area contributed by atoms with Crippen molar-refractivity contribution in [3.05, 3.63) is 65.6 Å². The standard InChI is InChI=1S/C21H22N2O3/c1-13-18(16-6-5-11-22-12-16)20(15-7-9-17(25-3)10-8-15)19(14(2)23-13)21(24)26-4/h5-12,19-20H,1-4H3. The summed E-state index contributed by atoms with van der Waals surface area (Å²) in [7, 11) is 3.05. The number of hydrogen-bond donors (Lipinski definition) is 0. The SMILES string of the molecule is COC(=O)C1C(C)=NC(C)=C(c2cccnc2)C1c1ccc(OC)cc1. The van der Waals surface area contributed by atoms with E-state index in [-0.39, 0.29) is 11.9 Å². The number of hydrogen-bond acceptors (Lipinski definition) is 5. The number of methoxy groups -OCH3 is 2. The van der Waals surface area contributed by atoms with Crippen LogP contribution in [0.5, 0.6) is 5.75 Å². The normalized spacial score (nSPS) is 19.8. The molecule has 1 aromatic carbocycles. The Morgan fingerprint density at radius 1 is 1.08 bits per heavy atom. The van der Waals surface area contributed by atoms with E-state index >= 15 is 0 Å². The molecule has 5 nitrogen and oxygen atoms in total. The molecule has 2 unspecified atom stereocenters. The van der Waals surface area contributed by atoms with Crippen molar-refractivity contribution in [1.82, 2.24) is 4.98 Å². The third kappa shape index (κ3) is 3.25. The first-order valence-electron chi connectivity index (χ1n) is 8.45. The Bertz CT molecular complexity index is 855. The minimum absolute atomic E-state index is 0.199. The summed E-state index contributed by atoms with van der Waals surface area (Å²) in [5, 5.41) is 0. The van der Waals surface area contributed by atoms with Crippen LogP contribution in [0.3, 0.4) is 0 Å². The largest absolute Gasteiger partial charge is 0.497 e. The highest BCUT2D eigenvalue weighted by molar-refractivity contribution is 6.06. The minimum Gasteiger partial charge on any atom is -0.497 e. The Morgan fingerprint density at radius 3 is 2.38 bits per heavy atom. The fourth-order valence-corrected chi connectivity index (χ4v) is 3.54. The van der Waals surface area contributed by atoms with Crippen molar-refractivity contribution in [1.29, 1.82) is 0 Å². The maximum absolute atomic E-state index is 12.6. The van der Waals surface area contributed by atoms with Crippen LogP contribution in [0.25, 0.3) is 5.57 Å². The number of pyridine rings is 1. The van der Waals surface area contributed by atoms with Gasteiger partial charge in [0.25, 0.3) is 0 Å². The number of nitrogens with zero attached hydrogens (tertiary/aromatic N) is 2. The van der Waals surface area contributed by atoms with Crippen LogP contribution >= 0.6 is 0 Å². The predicted octanol–water partition coefficient (Wildman–Crippen LogP) is 3.87. The van der Waals surface area contributed by atoms with Crippen LogP contribution in [-0.4, -0.2) is 30.9 Å². The van der Waals surface area contributed by atoms with E-state index in [1.807, 2.05) is 50.2 Å². The topological polar surface area (TPSA) is 60.8 Å². The van der Waals surface area contributed by atoms with Gasteiger partial charge in [0.2, 0.25) is 0 Å². The van der Waals surface area contributed by atoms with Gasteiger partial charge >= 0.3 is 5.97 Å². The lowest BCUT2D eigenvalue weighted by molar-refractivity contribution is -0.143. The second-order valence-corrected chi connectivity index (χ2v) is 6.25. The molecule has 5 heteroatoms. The Balaban J connectivity index is 2.19. The number of rotatable bonds is 4. The van der Waals surface area contributed by atoms with Gasteiger partial charge in [-0.2, -0.15) is 0 Å². The molecule has 0 bridgehead atoms. The molecule has 0 aliphatic carbocycles. The lowest BCUT2D eigenvalue weighted by Crippen LogP contribution is -2.33. The quantitative estimate of drug-likeness (QED) is 0.786. The van der Waals surface area contributed by atoms with Gasteiger partial charge in [0.15, 0.2) is 0 Å². The number of allylic oxidation sites excluding steroid dienone is 2. The van der Waals surface area contributed by atoms with Crippen LogP contribution < -0.4 is 4.74 Å². The highest BCUT2D eigenvalue weighted by Crippen LogP contribution is 2.44. The summed E-state index contributed by atoms with van der Waals surface area (Å²) in [6.45, 7) is 3.84. The summed E-state index contributed by atoms with van der Waals surface area (Å²) >= 11 is 0. The van der Waals surface area contributed by atoms with E-state index in [0.717, 1.165) is 33.9 Å². The summed E-state index contributed by atoms with van der Waals surface area (Å²) in [6.07, 6.45) is 3.54. The molecule has 3 rings (SSSR count). The molecular formula is C21H22N2O3. The number of ether oxygens (including phenoxy) is 2. The van der Waals surface area contributed by atoms with Crippen molar-refractivity contribution in [2.75, 3.05) is 14.2 Å². The molecule has 0 saturated carbocycles. The average molecular weight is 350 g/mol. The number of benzene rings is 1. The van der Waals surface area contributed by atoms with Crippen molar-refractivity contribution in [2.24, 2.45) is 10.9 Å². The summed E-state index contributed by atoms with van der Waals surface area (Å²) < 4.78 is 10.4. The number of carbonyl (C=O) groups excluding carboxylic acids is 1. The summed E-state index contributed by atoms with van der Waals surface area (Å²) in [4.78, 5) is 21.5. The van der Waals surface area contributed by atoms with Crippen LogP contribution in [0.1, 0.15) is 30.9 Å². The van der Waals surface area contributed by atoms with E-state index in [9.17, 15) is 4.79 Å².